The fraction of sp³-hybridized carbons (Fsp3) is 0.500. The van der Waals surface area contributed by atoms with Crippen LogP contribution in [0.1, 0.15) is 19.3 Å². The van der Waals surface area contributed by atoms with Crippen molar-refractivity contribution in [2.75, 3.05) is 11.9 Å². The molecule has 1 fully saturated rings. The van der Waals surface area contributed by atoms with Crippen LogP contribution in [0.25, 0.3) is 0 Å². The highest BCUT2D eigenvalue weighted by atomic mass is 35.5. The predicted molar refractivity (Wildman–Crippen MR) is 58.5 cm³/mol. The van der Waals surface area contributed by atoms with Crippen molar-refractivity contribution >= 4 is 17.4 Å². The van der Waals surface area contributed by atoms with Crippen molar-refractivity contribution in [2.45, 2.75) is 24.8 Å². The number of nitrogens with one attached hydrogen (secondary N) is 1. The van der Waals surface area contributed by atoms with Crippen LogP contribution >= 0.6 is 11.6 Å². The van der Waals surface area contributed by atoms with E-state index in [0.29, 0.717) is 11.6 Å². The lowest BCUT2D eigenvalue weighted by molar-refractivity contribution is 0.265. The van der Waals surface area contributed by atoms with Crippen LogP contribution in [0.15, 0.2) is 12.3 Å². The molecule has 0 atom stereocenters. The van der Waals surface area contributed by atoms with E-state index in [1.165, 1.54) is 12.3 Å². The molecule has 82 valence electrons. The second-order valence-electron chi connectivity index (χ2n) is 4.05. The Balaban J connectivity index is 1.98. The molecule has 0 aliphatic heterocycles. The van der Waals surface area contributed by atoms with Gasteiger partial charge in [0.1, 0.15) is 0 Å². The summed E-state index contributed by atoms with van der Waals surface area (Å²) in [5, 5.41) is 3.21. The van der Waals surface area contributed by atoms with Gasteiger partial charge in [0.15, 0.2) is 11.6 Å². The summed E-state index contributed by atoms with van der Waals surface area (Å²) in [7, 11) is 0. The Hall–Kier alpha value is -0.870. The van der Waals surface area contributed by atoms with Crippen molar-refractivity contribution in [3.8, 4) is 0 Å². The third kappa shape index (κ3) is 2.38. The van der Waals surface area contributed by atoms with E-state index in [2.05, 4.69) is 10.3 Å². The van der Waals surface area contributed by atoms with Crippen LogP contribution in [-0.2, 0) is 0 Å². The third-order valence-electron chi connectivity index (χ3n) is 2.77. The molecule has 1 saturated carbocycles. The SMILES string of the molecule is NC1(CNc2ncc(Cl)cc2F)CCC1. The Morgan fingerprint density at radius 1 is 1.60 bits per heavy atom. The Bertz CT molecular complexity index is 366. The van der Waals surface area contributed by atoms with Gasteiger partial charge in [0, 0.05) is 18.3 Å². The van der Waals surface area contributed by atoms with Gasteiger partial charge in [-0.2, -0.15) is 0 Å². The number of aromatic nitrogens is 1. The van der Waals surface area contributed by atoms with Crippen molar-refractivity contribution in [1.29, 1.82) is 0 Å². The van der Waals surface area contributed by atoms with Gasteiger partial charge in [-0.15, -0.1) is 0 Å². The van der Waals surface area contributed by atoms with E-state index in [0.717, 1.165) is 19.3 Å². The fourth-order valence-corrected chi connectivity index (χ4v) is 1.76. The molecule has 0 radical (unpaired) electrons. The summed E-state index contributed by atoms with van der Waals surface area (Å²) in [5.74, 6) is -0.221. The molecular weight excluding hydrogens is 217 g/mol. The maximum atomic E-state index is 13.3. The van der Waals surface area contributed by atoms with Gasteiger partial charge in [-0.05, 0) is 25.3 Å². The van der Waals surface area contributed by atoms with E-state index in [1.54, 1.807) is 0 Å². The minimum absolute atomic E-state index is 0.187. The molecule has 0 amide bonds. The summed E-state index contributed by atoms with van der Waals surface area (Å²) in [6.07, 6.45) is 4.52. The Morgan fingerprint density at radius 2 is 2.33 bits per heavy atom. The predicted octanol–water partition coefficient (Wildman–Crippen LogP) is 2.17. The molecule has 0 aromatic carbocycles. The lowest BCUT2D eigenvalue weighted by Gasteiger charge is -2.38. The van der Waals surface area contributed by atoms with Crippen LogP contribution in [0, 0.1) is 5.82 Å². The Kier molecular flexibility index (Phi) is 2.80. The lowest BCUT2D eigenvalue weighted by atomic mass is 9.78. The minimum Gasteiger partial charge on any atom is -0.366 e. The molecule has 0 unspecified atom stereocenters. The van der Waals surface area contributed by atoms with Crippen molar-refractivity contribution in [2.24, 2.45) is 5.73 Å². The van der Waals surface area contributed by atoms with Gasteiger partial charge < -0.3 is 11.1 Å². The monoisotopic (exact) mass is 229 g/mol. The van der Waals surface area contributed by atoms with E-state index < -0.39 is 5.82 Å². The van der Waals surface area contributed by atoms with E-state index >= 15 is 0 Å². The number of nitrogens with two attached hydrogens (primary N) is 1. The second-order valence-corrected chi connectivity index (χ2v) is 4.49. The zero-order chi connectivity index (χ0) is 10.9. The summed E-state index contributed by atoms with van der Waals surface area (Å²) < 4.78 is 13.3. The molecule has 15 heavy (non-hydrogen) atoms. The first kappa shape index (κ1) is 10.6. The number of rotatable bonds is 3. The number of halogens is 2. The van der Waals surface area contributed by atoms with E-state index in [1.807, 2.05) is 0 Å². The van der Waals surface area contributed by atoms with E-state index in [4.69, 9.17) is 17.3 Å². The molecule has 1 aromatic heterocycles. The van der Waals surface area contributed by atoms with Gasteiger partial charge >= 0.3 is 0 Å². The molecule has 0 spiro atoms. The smallest absolute Gasteiger partial charge is 0.166 e. The number of pyridine rings is 1. The zero-order valence-electron chi connectivity index (χ0n) is 8.26. The molecule has 2 rings (SSSR count). The largest absolute Gasteiger partial charge is 0.366 e. The molecule has 1 heterocycles. The Morgan fingerprint density at radius 3 is 2.87 bits per heavy atom. The van der Waals surface area contributed by atoms with Crippen LogP contribution < -0.4 is 11.1 Å². The normalized spacial score (nSPS) is 18.3. The van der Waals surface area contributed by atoms with Crippen molar-refractivity contribution in [3.05, 3.63) is 23.1 Å². The number of hydrogen-bond acceptors (Lipinski definition) is 3. The summed E-state index contributed by atoms with van der Waals surface area (Å²) in [4.78, 5) is 3.87. The van der Waals surface area contributed by atoms with Crippen LogP contribution in [0.4, 0.5) is 10.2 Å². The summed E-state index contributed by atoms with van der Waals surface area (Å²) >= 11 is 5.59. The zero-order valence-corrected chi connectivity index (χ0v) is 9.02. The fourth-order valence-electron chi connectivity index (χ4n) is 1.61. The van der Waals surface area contributed by atoms with Gasteiger partial charge in [0.2, 0.25) is 0 Å². The molecule has 1 aliphatic carbocycles. The van der Waals surface area contributed by atoms with Crippen LogP contribution in [-0.4, -0.2) is 17.1 Å². The molecule has 5 heteroatoms. The molecular formula is C10H13ClFN3. The maximum absolute atomic E-state index is 13.3. The standard InChI is InChI=1S/C10H13ClFN3/c11-7-4-8(12)9(14-5-7)15-6-10(13)2-1-3-10/h4-5H,1-3,6,13H2,(H,14,15). The quantitative estimate of drug-likeness (QED) is 0.835. The highest BCUT2D eigenvalue weighted by Gasteiger charge is 2.32. The highest BCUT2D eigenvalue weighted by molar-refractivity contribution is 6.30. The average Bonchev–Trinajstić information content (AvgIpc) is 2.14. The van der Waals surface area contributed by atoms with E-state index in [-0.39, 0.29) is 11.4 Å². The maximum Gasteiger partial charge on any atom is 0.166 e. The van der Waals surface area contributed by atoms with Gasteiger partial charge in [-0.3, -0.25) is 0 Å². The van der Waals surface area contributed by atoms with Gasteiger partial charge in [0.05, 0.1) is 5.02 Å². The molecule has 1 aromatic rings. The topological polar surface area (TPSA) is 50.9 Å². The first-order valence-electron chi connectivity index (χ1n) is 4.93. The Labute approximate surface area is 92.8 Å². The summed E-state index contributed by atoms with van der Waals surface area (Å²) in [6.45, 7) is 0.554. The van der Waals surface area contributed by atoms with Gasteiger partial charge in [0.25, 0.3) is 0 Å². The minimum atomic E-state index is -0.439. The van der Waals surface area contributed by atoms with Crippen LogP contribution in [0.3, 0.4) is 0 Å². The highest BCUT2D eigenvalue weighted by Crippen LogP contribution is 2.29. The van der Waals surface area contributed by atoms with E-state index in [9.17, 15) is 4.39 Å². The average molecular weight is 230 g/mol. The molecule has 3 nitrogen and oxygen atoms in total. The first-order valence-corrected chi connectivity index (χ1v) is 5.31. The van der Waals surface area contributed by atoms with Crippen molar-refractivity contribution in [1.82, 2.24) is 4.98 Å². The van der Waals surface area contributed by atoms with Gasteiger partial charge in [-0.25, -0.2) is 9.37 Å². The number of anilines is 1. The van der Waals surface area contributed by atoms with Crippen molar-refractivity contribution < 1.29 is 4.39 Å². The lowest BCUT2D eigenvalue weighted by Crippen LogP contribution is -2.52. The second kappa shape index (κ2) is 3.94. The molecule has 0 bridgehead atoms. The summed E-state index contributed by atoms with van der Waals surface area (Å²) in [5.41, 5.74) is 5.81. The van der Waals surface area contributed by atoms with Gasteiger partial charge in [-0.1, -0.05) is 11.6 Å². The first-order chi connectivity index (χ1) is 7.09. The van der Waals surface area contributed by atoms with Crippen LogP contribution in [0.2, 0.25) is 5.02 Å². The molecule has 1 aliphatic rings. The molecule has 3 N–H and O–H groups in total. The number of hydrogen-bond donors (Lipinski definition) is 2. The van der Waals surface area contributed by atoms with Crippen LogP contribution in [0.5, 0.6) is 0 Å². The molecule has 0 saturated heterocycles. The number of nitrogens with zero attached hydrogens (tertiary/aromatic N) is 1. The van der Waals surface area contributed by atoms with Crippen molar-refractivity contribution in [3.63, 3.8) is 0 Å². The summed E-state index contributed by atoms with van der Waals surface area (Å²) in [6, 6.07) is 1.24. The third-order valence-corrected chi connectivity index (χ3v) is 2.97.